The van der Waals surface area contributed by atoms with Gasteiger partial charge in [-0.15, -0.1) is 6.42 Å². The van der Waals surface area contributed by atoms with Gasteiger partial charge in [0.1, 0.15) is 6.04 Å². The molecule has 5 nitrogen and oxygen atoms in total. The van der Waals surface area contributed by atoms with E-state index in [9.17, 15) is 9.59 Å². The van der Waals surface area contributed by atoms with Crippen molar-refractivity contribution in [1.82, 2.24) is 9.80 Å². The third-order valence-electron chi connectivity index (χ3n) is 1.90. The molecule has 0 aliphatic rings. The monoisotopic (exact) mass is 198 g/mol. The summed E-state index contributed by atoms with van der Waals surface area (Å²) in [5.74, 6) is 1.26. The van der Waals surface area contributed by atoms with E-state index >= 15 is 0 Å². The van der Waals surface area contributed by atoms with Gasteiger partial charge < -0.3 is 14.9 Å². The van der Waals surface area contributed by atoms with Gasteiger partial charge >= 0.3 is 12.0 Å². The Kier molecular flexibility index (Phi) is 4.50. The summed E-state index contributed by atoms with van der Waals surface area (Å²) in [4.78, 5) is 24.4. The number of hydrogen-bond donors (Lipinski definition) is 1. The van der Waals surface area contributed by atoms with E-state index in [1.165, 1.54) is 25.9 Å². The number of likely N-dealkylation sites (N-methyl/N-ethyl adjacent to an activating group) is 1. The zero-order chi connectivity index (χ0) is 11.3. The van der Waals surface area contributed by atoms with Gasteiger partial charge in [0, 0.05) is 14.1 Å². The van der Waals surface area contributed by atoms with Crippen molar-refractivity contribution in [3.05, 3.63) is 0 Å². The molecule has 5 heteroatoms. The number of amides is 2. The lowest BCUT2D eigenvalue weighted by atomic mass is 10.3. The number of carbonyl (C=O) groups excluding carboxylic acids is 1. The first kappa shape index (κ1) is 12.3. The van der Waals surface area contributed by atoms with E-state index in [1.54, 1.807) is 0 Å². The zero-order valence-electron chi connectivity index (χ0n) is 8.52. The Hall–Kier alpha value is -1.70. The summed E-state index contributed by atoms with van der Waals surface area (Å²) in [5.41, 5.74) is 0. The van der Waals surface area contributed by atoms with Crippen LogP contribution in [0, 0.1) is 12.3 Å². The predicted molar refractivity (Wildman–Crippen MR) is 51.7 cm³/mol. The Labute approximate surface area is 83.3 Å². The molecule has 0 bridgehead atoms. The average Bonchev–Trinajstić information content (AvgIpc) is 2.14. The van der Waals surface area contributed by atoms with Crippen molar-refractivity contribution in [3.63, 3.8) is 0 Å². The molecule has 0 aromatic heterocycles. The molecule has 0 aliphatic carbocycles. The standard InChI is InChI=1S/C9H14N2O3/c1-5-6-10(3)9(14)11(4)7(2)8(12)13/h1,7H,6H2,2-4H3,(H,12,13). The Balaban J connectivity index is 4.40. The second-order valence-electron chi connectivity index (χ2n) is 2.97. The Morgan fingerprint density at radius 1 is 1.50 bits per heavy atom. The van der Waals surface area contributed by atoms with E-state index in [2.05, 4.69) is 5.92 Å². The third-order valence-corrected chi connectivity index (χ3v) is 1.90. The van der Waals surface area contributed by atoms with Crippen molar-refractivity contribution in [1.29, 1.82) is 0 Å². The van der Waals surface area contributed by atoms with E-state index in [0.29, 0.717) is 0 Å². The van der Waals surface area contributed by atoms with Crippen LogP contribution in [-0.4, -0.2) is 53.6 Å². The summed E-state index contributed by atoms with van der Waals surface area (Å²) >= 11 is 0. The van der Waals surface area contributed by atoms with Gasteiger partial charge in [0.05, 0.1) is 6.54 Å². The Morgan fingerprint density at radius 2 is 2.00 bits per heavy atom. The normalized spacial score (nSPS) is 11.3. The molecule has 0 rings (SSSR count). The van der Waals surface area contributed by atoms with Gasteiger partial charge in [-0.25, -0.2) is 9.59 Å². The number of terminal acetylenes is 1. The minimum absolute atomic E-state index is 0.162. The maximum absolute atomic E-state index is 11.5. The highest BCUT2D eigenvalue weighted by Gasteiger charge is 2.23. The van der Waals surface area contributed by atoms with Gasteiger partial charge in [0.2, 0.25) is 0 Å². The van der Waals surface area contributed by atoms with Crippen LogP contribution in [0.2, 0.25) is 0 Å². The lowest BCUT2D eigenvalue weighted by Gasteiger charge is -2.26. The number of rotatable bonds is 3. The zero-order valence-corrected chi connectivity index (χ0v) is 8.52. The van der Waals surface area contributed by atoms with Crippen molar-refractivity contribution >= 4 is 12.0 Å². The van der Waals surface area contributed by atoms with Gasteiger partial charge in [0.15, 0.2) is 0 Å². The van der Waals surface area contributed by atoms with Crippen LogP contribution in [-0.2, 0) is 4.79 Å². The van der Waals surface area contributed by atoms with Crippen molar-refractivity contribution in [2.75, 3.05) is 20.6 Å². The number of aliphatic carboxylic acids is 1. The lowest BCUT2D eigenvalue weighted by Crippen LogP contribution is -2.46. The summed E-state index contributed by atoms with van der Waals surface area (Å²) in [7, 11) is 2.95. The summed E-state index contributed by atoms with van der Waals surface area (Å²) in [5, 5.41) is 8.66. The van der Waals surface area contributed by atoms with Crippen LogP contribution in [0.5, 0.6) is 0 Å². The highest BCUT2D eigenvalue weighted by Crippen LogP contribution is 2.00. The van der Waals surface area contributed by atoms with E-state index < -0.39 is 18.0 Å². The van der Waals surface area contributed by atoms with Crippen LogP contribution in [0.4, 0.5) is 4.79 Å². The average molecular weight is 198 g/mol. The second kappa shape index (κ2) is 5.12. The molecule has 0 radical (unpaired) electrons. The van der Waals surface area contributed by atoms with E-state index in [4.69, 9.17) is 11.5 Å². The highest BCUT2D eigenvalue weighted by molar-refractivity contribution is 5.82. The Bertz CT molecular complexity index is 270. The van der Waals surface area contributed by atoms with Crippen molar-refractivity contribution in [2.24, 2.45) is 0 Å². The summed E-state index contributed by atoms with van der Waals surface area (Å²) < 4.78 is 0. The second-order valence-corrected chi connectivity index (χ2v) is 2.97. The molecule has 0 fully saturated rings. The molecular formula is C9H14N2O3. The van der Waals surface area contributed by atoms with Gasteiger partial charge in [-0.2, -0.15) is 0 Å². The van der Waals surface area contributed by atoms with Crippen LogP contribution in [0.15, 0.2) is 0 Å². The summed E-state index contributed by atoms with van der Waals surface area (Å²) in [6.07, 6.45) is 5.02. The van der Waals surface area contributed by atoms with Crippen molar-refractivity contribution in [2.45, 2.75) is 13.0 Å². The van der Waals surface area contributed by atoms with E-state index in [-0.39, 0.29) is 6.54 Å². The van der Waals surface area contributed by atoms with E-state index in [1.807, 2.05) is 0 Å². The number of hydrogen-bond acceptors (Lipinski definition) is 2. The van der Waals surface area contributed by atoms with Crippen LogP contribution in [0.3, 0.4) is 0 Å². The maximum atomic E-state index is 11.5. The molecule has 2 amide bonds. The van der Waals surface area contributed by atoms with Crippen LogP contribution < -0.4 is 0 Å². The van der Waals surface area contributed by atoms with E-state index in [0.717, 1.165) is 4.90 Å². The largest absolute Gasteiger partial charge is 0.480 e. The molecule has 0 saturated heterocycles. The SMILES string of the molecule is C#CCN(C)C(=O)N(C)C(C)C(=O)O. The van der Waals surface area contributed by atoms with Gasteiger partial charge in [0.25, 0.3) is 0 Å². The lowest BCUT2D eigenvalue weighted by molar-refractivity contribution is -0.141. The first-order chi connectivity index (χ1) is 6.41. The molecule has 14 heavy (non-hydrogen) atoms. The molecule has 0 heterocycles. The number of carboxylic acid groups (broad SMARTS) is 1. The van der Waals surface area contributed by atoms with Crippen LogP contribution >= 0.6 is 0 Å². The fourth-order valence-corrected chi connectivity index (χ4v) is 0.805. The number of nitrogens with zero attached hydrogens (tertiary/aromatic N) is 2. The molecule has 1 atom stereocenters. The summed E-state index contributed by atoms with van der Waals surface area (Å²) in [6.45, 7) is 1.60. The highest BCUT2D eigenvalue weighted by atomic mass is 16.4. The van der Waals surface area contributed by atoms with Gasteiger partial charge in [-0.05, 0) is 6.92 Å². The molecule has 0 aromatic carbocycles. The fraction of sp³-hybridized carbons (Fsp3) is 0.556. The smallest absolute Gasteiger partial charge is 0.326 e. The number of urea groups is 1. The minimum atomic E-state index is -1.05. The van der Waals surface area contributed by atoms with Gasteiger partial charge in [-0.3, -0.25) is 0 Å². The molecule has 0 aromatic rings. The predicted octanol–water partition coefficient (Wildman–Crippen LogP) is 0.0763. The van der Waals surface area contributed by atoms with Crippen LogP contribution in [0.1, 0.15) is 6.92 Å². The van der Waals surface area contributed by atoms with Crippen LogP contribution in [0.25, 0.3) is 0 Å². The number of carbonyl (C=O) groups is 2. The molecule has 0 saturated carbocycles. The Morgan fingerprint density at radius 3 is 2.36 bits per heavy atom. The molecular weight excluding hydrogens is 184 g/mol. The topological polar surface area (TPSA) is 60.9 Å². The summed E-state index contributed by atoms with van der Waals surface area (Å²) in [6, 6.07) is -1.26. The molecule has 0 aliphatic heterocycles. The van der Waals surface area contributed by atoms with Crippen molar-refractivity contribution < 1.29 is 14.7 Å². The quantitative estimate of drug-likeness (QED) is 0.653. The molecule has 0 spiro atoms. The first-order valence-electron chi connectivity index (χ1n) is 4.06. The third kappa shape index (κ3) is 2.98. The maximum Gasteiger partial charge on any atom is 0.326 e. The molecule has 78 valence electrons. The van der Waals surface area contributed by atoms with Gasteiger partial charge in [-0.1, -0.05) is 5.92 Å². The number of carboxylic acids is 1. The minimum Gasteiger partial charge on any atom is -0.480 e. The molecule has 1 unspecified atom stereocenters. The van der Waals surface area contributed by atoms with Crippen molar-refractivity contribution in [3.8, 4) is 12.3 Å². The first-order valence-corrected chi connectivity index (χ1v) is 4.06. The molecule has 1 N–H and O–H groups in total. The fourth-order valence-electron chi connectivity index (χ4n) is 0.805.